The first-order valence-corrected chi connectivity index (χ1v) is 10.4. The second-order valence-corrected chi connectivity index (χ2v) is 9.09. The summed E-state index contributed by atoms with van der Waals surface area (Å²) in [6, 6.07) is 16.7. The van der Waals surface area contributed by atoms with Gasteiger partial charge in [-0.3, -0.25) is 4.79 Å². The average Bonchev–Trinajstić information content (AvgIpc) is 2.68. The maximum absolute atomic E-state index is 13.2. The summed E-state index contributed by atoms with van der Waals surface area (Å²) in [4.78, 5) is 13.2. The Bertz CT molecular complexity index is 826. The van der Waals surface area contributed by atoms with Crippen LogP contribution in [-0.2, 0) is 6.42 Å². The highest BCUT2D eigenvalue weighted by molar-refractivity contribution is 6.30. The number of rotatable bonds is 2. The average molecular weight is 365 g/mol. The van der Waals surface area contributed by atoms with E-state index in [1.165, 1.54) is 24.0 Å². The van der Waals surface area contributed by atoms with Gasteiger partial charge in [-0.05, 0) is 78.5 Å². The van der Waals surface area contributed by atoms with Gasteiger partial charge < -0.3 is 0 Å². The van der Waals surface area contributed by atoms with Crippen LogP contribution >= 0.6 is 11.6 Å². The van der Waals surface area contributed by atoms with Gasteiger partial charge in [-0.15, -0.1) is 0 Å². The predicted octanol–water partition coefficient (Wildman–Crippen LogP) is 6.16. The number of benzene rings is 2. The van der Waals surface area contributed by atoms with Crippen LogP contribution < -0.4 is 0 Å². The van der Waals surface area contributed by atoms with Gasteiger partial charge in [0.05, 0.1) is 0 Å². The molecule has 0 heterocycles. The molecule has 4 aliphatic carbocycles. The van der Waals surface area contributed by atoms with Crippen molar-refractivity contribution in [3.8, 4) is 0 Å². The lowest BCUT2D eigenvalue weighted by Crippen LogP contribution is -2.55. The normalized spacial score (nSPS) is 35.5. The third-order valence-corrected chi connectivity index (χ3v) is 7.86. The minimum absolute atomic E-state index is 0.252. The first-order chi connectivity index (χ1) is 12.6. The van der Waals surface area contributed by atoms with E-state index in [9.17, 15) is 4.79 Å². The SMILES string of the molecule is CC1C2CC(c3ccc(Cl)cc3)CC1C2C1CCc2ccccc2C1=O. The molecule has 2 heteroatoms. The van der Waals surface area contributed by atoms with Gasteiger partial charge >= 0.3 is 0 Å². The molecule has 3 fully saturated rings. The summed E-state index contributed by atoms with van der Waals surface area (Å²) in [5.41, 5.74) is 3.68. The molecule has 0 aromatic heterocycles. The Morgan fingerprint density at radius 2 is 1.65 bits per heavy atom. The Hall–Kier alpha value is -1.60. The van der Waals surface area contributed by atoms with Crippen LogP contribution in [0.4, 0.5) is 0 Å². The van der Waals surface area contributed by atoms with E-state index in [-0.39, 0.29) is 5.92 Å². The number of hydrogen-bond acceptors (Lipinski definition) is 1. The molecule has 0 N–H and O–H groups in total. The van der Waals surface area contributed by atoms with Gasteiger partial charge in [0.2, 0.25) is 0 Å². The quantitative estimate of drug-likeness (QED) is 0.623. The lowest BCUT2D eigenvalue weighted by atomic mass is 9.44. The fourth-order valence-electron chi connectivity index (χ4n) is 6.28. The zero-order valence-electron chi connectivity index (χ0n) is 15.2. The number of Topliss-reactive ketones (excluding diaryl/α,β-unsaturated/α-hetero) is 1. The standard InChI is InChI=1S/C24H25ClO/c1-14-21-12-17(15-6-9-18(25)10-7-15)13-22(14)23(21)20-11-8-16-4-2-3-5-19(16)24(20)26/h2-7,9-10,14,17,20-23H,8,11-13H2,1H3. The number of hydrogen-bond donors (Lipinski definition) is 0. The van der Waals surface area contributed by atoms with Crippen LogP contribution in [-0.4, -0.2) is 5.78 Å². The van der Waals surface area contributed by atoms with Gasteiger partial charge in [0.15, 0.2) is 5.78 Å². The van der Waals surface area contributed by atoms with E-state index >= 15 is 0 Å². The molecule has 0 saturated heterocycles. The Kier molecular flexibility index (Phi) is 3.97. The number of aryl methyl sites for hydroxylation is 1. The van der Waals surface area contributed by atoms with Crippen molar-refractivity contribution in [3.05, 3.63) is 70.2 Å². The summed E-state index contributed by atoms with van der Waals surface area (Å²) in [5.74, 6) is 4.09. The van der Waals surface area contributed by atoms with E-state index < -0.39 is 0 Å². The second kappa shape index (κ2) is 6.23. The van der Waals surface area contributed by atoms with E-state index in [0.717, 1.165) is 29.3 Å². The molecule has 3 unspecified atom stereocenters. The van der Waals surface area contributed by atoms with Crippen LogP contribution in [0.1, 0.15) is 53.6 Å². The van der Waals surface area contributed by atoms with E-state index in [0.29, 0.717) is 29.5 Å². The van der Waals surface area contributed by atoms with Crippen molar-refractivity contribution in [2.45, 2.75) is 38.5 Å². The van der Waals surface area contributed by atoms with Crippen LogP contribution in [0.5, 0.6) is 0 Å². The molecule has 26 heavy (non-hydrogen) atoms. The molecule has 134 valence electrons. The van der Waals surface area contributed by atoms with Gasteiger partial charge in [-0.2, -0.15) is 0 Å². The summed E-state index contributed by atoms with van der Waals surface area (Å²) in [5, 5.41) is 0.812. The van der Waals surface area contributed by atoms with Crippen molar-refractivity contribution >= 4 is 17.4 Å². The minimum Gasteiger partial charge on any atom is -0.294 e. The molecule has 6 rings (SSSR count). The maximum atomic E-state index is 13.2. The molecule has 0 spiro atoms. The highest BCUT2D eigenvalue weighted by atomic mass is 35.5. The molecular formula is C24H25ClO. The summed E-state index contributed by atoms with van der Waals surface area (Å²) in [7, 11) is 0. The van der Waals surface area contributed by atoms with Crippen LogP contribution in [0.2, 0.25) is 5.02 Å². The van der Waals surface area contributed by atoms with E-state index in [4.69, 9.17) is 11.6 Å². The smallest absolute Gasteiger partial charge is 0.166 e. The Morgan fingerprint density at radius 1 is 0.962 bits per heavy atom. The molecular weight excluding hydrogens is 340 g/mol. The number of carbonyl (C=O) groups excluding carboxylic acids is 1. The molecule has 0 radical (unpaired) electrons. The fraction of sp³-hybridized carbons (Fsp3) is 0.458. The number of halogens is 1. The van der Waals surface area contributed by atoms with Crippen LogP contribution in [0.25, 0.3) is 0 Å². The van der Waals surface area contributed by atoms with Crippen LogP contribution in [0, 0.1) is 29.6 Å². The molecule has 0 amide bonds. The van der Waals surface area contributed by atoms with Crippen LogP contribution in [0.3, 0.4) is 0 Å². The Morgan fingerprint density at radius 3 is 2.38 bits per heavy atom. The highest BCUT2D eigenvalue weighted by Gasteiger charge is 2.56. The zero-order valence-corrected chi connectivity index (χ0v) is 16.0. The monoisotopic (exact) mass is 364 g/mol. The van der Waals surface area contributed by atoms with Crippen molar-refractivity contribution < 1.29 is 4.79 Å². The molecule has 3 atom stereocenters. The van der Waals surface area contributed by atoms with Crippen molar-refractivity contribution in [1.29, 1.82) is 0 Å². The Balaban J connectivity index is 1.37. The van der Waals surface area contributed by atoms with Crippen LogP contribution in [0.15, 0.2) is 48.5 Å². The maximum Gasteiger partial charge on any atom is 0.166 e. The zero-order chi connectivity index (χ0) is 17.8. The summed E-state index contributed by atoms with van der Waals surface area (Å²) in [6.07, 6.45) is 4.58. The van der Waals surface area contributed by atoms with Crippen molar-refractivity contribution in [2.75, 3.05) is 0 Å². The lowest BCUT2D eigenvalue weighted by molar-refractivity contribution is -0.0933. The van der Waals surface area contributed by atoms with Gasteiger partial charge in [0, 0.05) is 16.5 Å². The third-order valence-electron chi connectivity index (χ3n) is 7.60. The molecule has 0 aliphatic heterocycles. The van der Waals surface area contributed by atoms with E-state index in [2.05, 4.69) is 31.2 Å². The second-order valence-electron chi connectivity index (χ2n) is 8.65. The summed E-state index contributed by atoms with van der Waals surface area (Å²) in [6.45, 7) is 2.41. The van der Waals surface area contributed by atoms with E-state index in [1.54, 1.807) is 0 Å². The Labute approximate surface area is 160 Å². The first kappa shape index (κ1) is 16.6. The van der Waals surface area contributed by atoms with Crippen molar-refractivity contribution in [2.24, 2.45) is 29.6 Å². The highest BCUT2D eigenvalue weighted by Crippen LogP contribution is 2.62. The van der Waals surface area contributed by atoms with Gasteiger partial charge in [0.1, 0.15) is 0 Å². The third kappa shape index (κ3) is 2.47. The van der Waals surface area contributed by atoms with E-state index in [1.807, 2.05) is 24.3 Å². The number of ketones is 1. The predicted molar refractivity (Wildman–Crippen MR) is 106 cm³/mol. The van der Waals surface area contributed by atoms with Crippen molar-refractivity contribution in [1.82, 2.24) is 0 Å². The topological polar surface area (TPSA) is 17.1 Å². The lowest BCUT2D eigenvalue weighted by Gasteiger charge is -2.60. The minimum atomic E-state index is 0.252. The molecule has 1 nitrogen and oxygen atoms in total. The van der Waals surface area contributed by atoms with Gasteiger partial charge in [-0.1, -0.05) is 54.9 Å². The first-order valence-electron chi connectivity index (χ1n) is 10.0. The van der Waals surface area contributed by atoms with Crippen molar-refractivity contribution in [3.63, 3.8) is 0 Å². The summed E-state index contributed by atoms with van der Waals surface area (Å²) >= 11 is 6.06. The molecule has 2 aromatic carbocycles. The molecule has 2 aromatic rings. The molecule has 3 saturated carbocycles. The largest absolute Gasteiger partial charge is 0.294 e. The molecule has 2 bridgehead atoms. The fourth-order valence-corrected chi connectivity index (χ4v) is 6.41. The number of fused-ring (bicyclic) bond motifs is 3. The van der Waals surface area contributed by atoms with Gasteiger partial charge in [0.25, 0.3) is 0 Å². The van der Waals surface area contributed by atoms with Gasteiger partial charge in [-0.25, -0.2) is 0 Å². The summed E-state index contributed by atoms with van der Waals surface area (Å²) < 4.78 is 0. The number of carbonyl (C=O) groups is 1. The molecule has 4 aliphatic rings.